The first-order valence-corrected chi connectivity index (χ1v) is 3.72. The molecule has 1 heterocycles. The third-order valence-corrected chi connectivity index (χ3v) is 2.43. The molecule has 7 heteroatoms. The molecular weight excluding hydrogens is 234 g/mol. The number of rotatable bonds is 0. The highest BCUT2D eigenvalue weighted by atomic mass is 35.5. The van der Waals surface area contributed by atoms with Crippen LogP contribution in [0, 0.1) is 0 Å². The Morgan fingerprint density at radius 1 is 1.42 bits per heavy atom. The Kier molecular flexibility index (Phi) is 3.68. The van der Waals surface area contributed by atoms with Crippen LogP contribution in [0.15, 0.2) is 6.07 Å². The summed E-state index contributed by atoms with van der Waals surface area (Å²) in [4.78, 5) is -0.764. The van der Waals surface area contributed by atoms with Gasteiger partial charge in [-0.3, -0.25) is 0 Å². The summed E-state index contributed by atoms with van der Waals surface area (Å²) >= 11 is 5.77. The topological polar surface area (TPSA) is 26.0 Å². The molecule has 0 fully saturated rings. The van der Waals surface area contributed by atoms with Crippen LogP contribution in [0.2, 0.25) is 4.34 Å². The highest BCUT2D eigenvalue weighted by molar-refractivity contribution is 7.17. The van der Waals surface area contributed by atoms with E-state index in [0.717, 1.165) is 6.07 Å². The van der Waals surface area contributed by atoms with Gasteiger partial charge < -0.3 is 5.73 Å². The van der Waals surface area contributed by atoms with E-state index in [-0.39, 0.29) is 22.4 Å². The number of thiophene rings is 1. The molecular formula is C5H4Cl2F3NS. The number of nitrogens with two attached hydrogens (primary N) is 1. The van der Waals surface area contributed by atoms with Gasteiger partial charge in [-0.05, 0) is 6.07 Å². The first kappa shape index (κ1) is 11.9. The standard InChI is InChI=1S/C5H3ClF3NS.ClH/c6-4-2(10)1-3(11-4)5(7,8)9;/h1H,10H2;1H. The smallest absolute Gasteiger partial charge is 0.397 e. The SMILES string of the molecule is Cl.Nc1cc(C(F)(F)F)sc1Cl. The third-order valence-electron chi connectivity index (χ3n) is 0.993. The monoisotopic (exact) mass is 237 g/mol. The van der Waals surface area contributed by atoms with E-state index >= 15 is 0 Å². The van der Waals surface area contributed by atoms with Gasteiger partial charge >= 0.3 is 6.18 Å². The van der Waals surface area contributed by atoms with E-state index in [1.807, 2.05) is 0 Å². The van der Waals surface area contributed by atoms with E-state index in [1.54, 1.807) is 0 Å². The summed E-state index contributed by atoms with van der Waals surface area (Å²) in [6.45, 7) is 0. The van der Waals surface area contributed by atoms with Gasteiger partial charge in [0.25, 0.3) is 0 Å². The normalized spacial score (nSPS) is 11.0. The van der Waals surface area contributed by atoms with Crippen molar-refractivity contribution in [1.29, 1.82) is 0 Å². The Labute approximate surface area is 81.7 Å². The van der Waals surface area contributed by atoms with E-state index in [9.17, 15) is 13.2 Å². The van der Waals surface area contributed by atoms with Crippen molar-refractivity contribution >= 4 is 41.0 Å². The van der Waals surface area contributed by atoms with E-state index in [1.165, 1.54) is 0 Å². The molecule has 12 heavy (non-hydrogen) atoms. The Hall–Kier alpha value is -0.130. The van der Waals surface area contributed by atoms with Gasteiger partial charge in [-0.1, -0.05) is 11.6 Å². The van der Waals surface area contributed by atoms with Gasteiger partial charge in [0.15, 0.2) is 0 Å². The predicted octanol–water partition coefficient (Wildman–Crippen LogP) is 3.42. The van der Waals surface area contributed by atoms with Gasteiger partial charge in [0.05, 0.1) is 5.69 Å². The maximum absolute atomic E-state index is 11.9. The summed E-state index contributed by atoms with van der Waals surface area (Å²) in [5.74, 6) is 0. The van der Waals surface area contributed by atoms with Gasteiger partial charge in [0, 0.05) is 0 Å². The second-order valence-electron chi connectivity index (χ2n) is 1.84. The molecule has 0 aliphatic heterocycles. The maximum Gasteiger partial charge on any atom is 0.425 e. The fraction of sp³-hybridized carbons (Fsp3) is 0.200. The predicted molar refractivity (Wildman–Crippen MR) is 46.0 cm³/mol. The van der Waals surface area contributed by atoms with Crippen molar-refractivity contribution in [2.75, 3.05) is 5.73 Å². The van der Waals surface area contributed by atoms with E-state index < -0.39 is 11.1 Å². The molecule has 0 amide bonds. The number of alkyl halides is 3. The molecule has 0 bridgehead atoms. The second-order valence-corrected chi connectivity index (χ2v) is 3.49. The van der Waals surface area contributed by atoms with Crippen LogP contribution in [0.4, 0.5) is 18.9 Å². The van der Waals surface area contributed by atoms with E-state index in [0.29, 0.717) is 11.3 Å². The molecule has 1 rings (SSSR count). The van der Waals surface area contributed by atoms with Crippen LogP contribution >= 0.6 is 35.3 Å². The maximum atomic E-state index is 11.9. The molecule has 70 valence electrons. The zero-order chi connectivity index (χ0) is 8.65. The summed E-state index contributed by atoms with van der Waals surface area (Å²) in [5, 5.41) is 0. The average molecular weight is 238 g/mol. The van der Waals surface area contributed by atoms with Crippen LogP contribution in [-0.2, 0) is 6.18 Å². The van der Waals surface area contributed by atoms with Crippen molar-refractivity contribution in [3.05, 3.63) is 15.3 Å². The second kappa shape index (κ2) is 3.72. The minimum absolute atomic E-state index is 0. The quantitative estimate of drug-likeness (QED) is 0.736. The van der Waals surface area contributed by atoms with Gasteiger partial charge in [-0.2, -0.15) is 13.2 Å². The molecule has 1 nitrogen and oxygen atoms in total. The minimum atomic E-state index is -4.34. The lowest BCUT2D eigenvalue weighted by molar-refractivity contribution is -0.134. The Morgan fingerprint density at radius 3 is 2.08 bits per heavy atom. The Balaban J connectivity index is 0.00000121. The van der Waals surface area contributed by atoms with Crippen LogP contribution < -0.4 is 5.73 Å². The molecule has 0 spiro atoms. The summed E-state index contributed by atoms with van der Waals surface area (Å²) in [7, 11) is 0. The highest BCUT2D eigenvalue weighted by Crippen LogP contribution is 2.39. The largest absolute Gasteiger partial charge is 0.425 e. The zero-order valence-corrected chi connectivity index (χ0v) is 7.87. The molecule has 2 N–H and O–H groups in total. The number of nitrogen functional groups attached to an aromatic ring is 1. The molecule has 0 saturated carbocycles. The van der Waals surface area contributed by atoms with Crippen molar-refractivity contribution in [3.8, 4) is 0 Å². The summed E-state index contributed by atoms with van der Waals surface area (Å²) in [6.07, 6.45) is -4.34. The van der Waals surface area contributed by atoms with Crippen LogP contribution in [0.1, 0.15) is 4.88 Å². The molecule has 0 atom stereocenters. The molecule has 1 aromatic rings. The van der Waals surface area contributed by atoms with Crippen LogP contribution in [0.5, 0.6) is 0 Å². The van der Waals surface area contributed by atoms with Gasteiger partial charge in [0.2, 0.25) is 0 Å². The van der Waals surface area contributed by atoms with Crippen molar-refractivity contribution in [1.82, 2.24) is 0 Å². The fourth-order valence-electron chi connectivity index (χ4n) is 0.523. The number of hydrogen-bond acceptors (Lipinski definition) is 2. The molecule has 0 aliphatic rings. The van der Waals surface area contributed by atoms with Crippen LogP contribution in [0.3, 0.4) is 0 Å². The Morgan fingerprint density at radius 2 is 1.92 bits per heavy atom. The van der Waals surface area contributed by atoms with Crippen molar-refractivity contribution in [3.63, 3.8) is 0 Å². The number of anilines is 1. The minimum Gasteiger partial charge on any atom is -0.397 e. The van der Waals surface area contributed by atoms with Gasteiger partial charge in [-0.15, -0.1) is 23.7 Å². The molecule has 0 radical (unpaired) electrons. The third kappa shape index (κ3) is 2.43. The van der Waals surface area contributed by atoms with Crippen LogP contribution in [0.25, 0.3) is 0 Å². The van der Waals surface area contributed by atoms with Crippen LogP contribution in [-0.4, -0.2) is 0 Å². The molecule has 0 unspecified atom stereocenters. The zero-order valence-electron chi connectivity index (χ0n) is 5.48. The van der Waals surface area contributed by atoms with Crippen molar-refractivity contribution < 1.29 is 13.2 Å². The van der Waals surface area contributed by atoms with Crippen molar-refractivity contribution in [2.45, 2.75) is 6.18 Å². The molecule has 0 aliphatic carbocycles. The lowest BCUT2D eigenvalue weighted by atomic mass is 10.4. The summed E-state index contributed by atoms with van der Waals surface area (Å²) in [6, 6.07) is 0.826. The van der Waals surface area contributed by atoms with Gasteiger partial charge in [-0.25, -0.2) is 0 Å². The molecule has 0 saturated heterocycles. The highest BCUT2D eigenvalue weighted by Gasteiger charge is 2.33. The summed E-state index contributed by atoms with van der Waals surface area (Å²) < 4.78 is 35.6. The lowest BCUT2D eigenvalue weighted by Gasteiger charge is -1.99. The number of halogens is 5. The van der Waals surface area contributed by atoms with Crippen molar-refractivity contribution in [2.24, 2.45) is 0 Å². The molecule has 0 aromatic carbocycles. The Bertz CT molecular complexity index is 251. The first-order valence-electron chi connectivity index (χ1n) is 2.53. The lowest BCUT2D eigenvalue weighted by Crippen LogP contribution is -2.00. The average Bonchev–Trinajstić information content (AvgIpc) is 2.11. The number of hydrogen-bond donors (Lipinski definition) is 1. The van der Waals surface area contributed by atoms with E-state index in [4.69, 9.17) is 17.3 Å². The van der Waals surface area contributed by atoms with E-state index in [2.05, 4.69) is 0 Å². The van der Waals surface area contributed by atoms with Gasteiger partial charge in [0.1, 0.15) is 9.21 Å². The fourth-order valence-corrected chi connectivity index (χ4v) is 1.50. The molecule has 1 aromatic heterocycles. The first-order chi connectivity index (χ1) is 4.91. The summed E-state index contributed by atoms with van der Waals surface area (Å²) in [5.41, 5.74) is 5.09.